The zero-order chi connectivity index (χ0) is 40.4. The van der Waals surface area contributed by atoms with Gasteiger partial charge in [0, 0.05) is 32.2 Å². The number of imide groups is 1. The molecule has 55 heavy (non-hydrogen) atoms. The smallest absolute Gasteiger partial charge is 0.333 e. The predicted molar refractivity (Wildman–Crippen MR) is 172 cm³/mol. The fraction of sp³-hybridized carbons (Fsp3) is 0.875. The van der Waals surface area contributed by atoms with E-state index in [0.29, 0.717) is 30.7 Å². The molecule has 0 spiro atoms. The van der Waals surface area contributed by atoms with Crippen molar-refractivity contribution < 1.29 is 103 Å². The van der Waals surface area contributed by atoms with Crippen LogP contribution in [0.4, 0.5) is 4.39 Å². The lowest BCUT2D eigenvalue weighted by Crippen LogP contribution is -2.64. The van der Waals surface area contributed by atoms with E-state index in [1.54, 1.807) is 0 Å². The summed E-state index contributed by atoms with van der Waals surface area (Å²) in [5.41, 5.74) is 0. The average molecular weight is 803 g/mol. The molecule has 22 nitrogen and oxygen atoms in total. The second kappa shape index (κ2) is 21.2. The van der Waals surface area contributed by atoms with E-state index in [0.717, 1.165) is 0 Å². The highest BCUT2D eigenvalue weighted by molar-refractivity contribution is 6.01. The van der Waals surface area contributed by atoms with E-state index in [4.69, 9.17) is 33.3 Å². The van der Waals surface area contributed by atoms with Crippen LogP contribution in [-0.4, -0.2) is 200 Å². The van der Waals surface area contributed by atoms with Crippen molar-refractivity contribution in [3.63, 3.8) is 0 Å². The van der Waals surface area contributed by atoms with Crippen molar-refractivity contribution in [2.45, 2.75) is 144 Å². The minimum atomic E-state index is -2.32. The molecular weight excluding hydrogens is 751 g/mol. The molecule has 316 valence electrons. The zero-order valence-corrected chi connectivity index (χ0v) is 29.7. The second-order valence-electron chi connectivity index (χ2n) is 13.5. The van der Waals surface area contributed by atoms with Crippen molar-refractivity contribution >= 4 is 23.7 Å². The van der Waals surface area contributed by atoms with Crippen LogP contribution < -0.4 is 5.32 Å². The van der Waals surface area contributed by atoms with E-state index in [1.807, 2.05) is 0 Å². The number of rotatable bonds is 19. The summed E-state index contributed by atoms with van der Waals surface area (Å²) in [7, 11) is 0. The van der Waals surface area contributed by atoms with Crippen LogP contribution in [0.5, 0.6) is 0 Å². The molecule has 0 bridgehead atoms. The van der Waals surface area contributed by atoms with Gasteiger partial charge in [0.15, 0.2) is 25.0 Å². The Balaban J connectivity index is 1.26. The summed E-state index contributed by atoms with van der Waals surface area (Å²) in [6.45, 7) is -2.73. The minimum absolute atomic E-state index is 0.00778. The van der Waals surface area contributed by atoms with Gasteiger partial charge in [-0.25, -0.2) is 9.18 Å². The second-order valence-corrected chi connectivity index (χ2v) is 13.5. The maximum absolute atomic E-state index is 15.9. The molecule has 15 atom stereocenters. The van der Waals surface area contributed by atoms with Gasteiger partial charge in [-0.15, -0.1) is 5.06 Å². The Morgan fingerprint density at radius 2 is 1.24 bits per heavy atom. The summed E-state index contributed by atoms with van der Waals surface area (Å²) in [5, 5.41) is 94.3. The zero-order valence-electron chi connectivity index (χ0n) is 29.7. The van der Waals surface area contributed by atoms with Gasteiger partial charge in [-0.1, -0.05) is 12.8 Å². The largest absolute Gasteiger partial charge is 0.394 e. The molecule has 10 N–H and O–H groups in total. The first-order valence-electron chi connectivity index (χ1n) is 18.0. The number of nitrogens with one attached hydrogen (secondary N) is 1. The molecule has 4 fully saturated rings. The molecular formula is C32H51FN2O20. The Labute approximate surface area is 313 Å². The van der Waals surface area contributed by atoms with Crippen LogP contribution in [0.1, 0.15) is 51.4 Å². The summed E-state index contributed by atoms with van der Waals surface area (Å²) in [6, 6.07) is 0. The maximum Gasteiger partial charge on any atom is 0.333 e. The number of unbranched alkanes of at least 4 members (excludes halogenated alkanes) is 3. The highest BCUT2D eigenvalue weighted by atomic mass is 19.1. The van der Waals surface area contributed by atoms with Crippen LogP contribution in [0.15, 0.2) is 0 Å². The number of halogens is 1. The Hall–Kier alpha value is -2.59. The van der Waals surface area contributed by atoms with Gasteiger partial charge in [-0.2, -0.15) is 0 Å². The van der Waals surface area contributed by atoms with Crippen LogP contribution in [0.25, 0.3) is 0 Å². The molecule has 0 aliphatic carbocycles. The average Bonchev–Trinajstić information content (AvgIpc) is 3.48. The Morgan fingerprint density at radius 3 is 1.84 bits per heavy atom. The van der Waals surface area contributed by atoms with Crippen LogP contribution in [0, 0.1) is 0 Å². The molecule has 0 radical (unpaired) electrons. The quantitative estimate of drug-likeness (QED) is 0.0430. The number of hydrogen-bond donors (Lipinski definition) is 10. The number of aliphatic hydroxyl groups is 9. The fourth-order valence-corrected chi connectivity index (χ4v) is 6.20. The molecule has 0 aromatic carbocycles. The van der Waals surface area contributed by atoms with Gasteiger partial charge >= 0.3 is 5.97 Å². The van der Waals surface area contributed by atoms with Crippen LogP contribution in [0.2, 0.25) is 0 Å². The SMILES string of the molecule is O=C(CCCCCCC(=O)ON1C(=O)CCC1=O)NCCO[C@@H]1O[C@H](COC2O[C@H](CO)[C@@H](O)[C@H](O)[C@@H]2O)[C@@H](O)[C@H](O[C@H]2O[C@H](CO)[C@@H](O)[C@H](O)[C@@H]2O)[C@H]1F. The fourth-order valence-electron chi connectivity index (χ4n) is 6.20. The number of carbonyl (C=O) groups is 4. The Bertz CT molecular complexity index is 1250. The summed E-state index contributed by atoms with van der Waals surface area (Å²) >= 11 is 0. The van der Waals surface area contributed by atoms with Gasteiger partial charge in [-0.05, 0) is 12.8 Å². The van der Waals surface area contributed by atoms with E-state index in [-0.39, 0.29) is 44.7 Å². The van der Waals surface area contributed by atoms with E-state index in [1.165, 1.54) is 0 Å². The van der Waals surface area contributed by atoms with Gasteiger partial charge in [0.25, 0.3) is 11.8 Å². The van der Waals surface area contributed by atoms with Crippen LogP contribution in [0.3, 0.4) is 0 Å². The number of hydrogen-bond acceptors (Lipinski definition) is 20. The third-order valence-corrected chi connectivity index (χ3v) is 9.45. The molecule has 1 unspecified atom stereocenters. The van der Waals surface area contributed by atoms with Crippen LogP contribution >= 0.6 is 0 Å². The summed E-state index contributed by atoms with van der Waals surface area (Å²) in [6.07, 6.45) is -24.7. The molecule has 0 aromatic heterocycles. The molecule has 4 aliphatic rings. The predicted octanol–water partition coefficient (Wildman–Crippen LogP) is -5.51. The summed E-state index contributed by atoms with van der Waals surface area (Å²) in [4.78, 5) is 52.1. The lowest BCUT2D eigenvalue weighted by Gasteiger charge is -2.46. The Kier molecular flexibility index (Phi) is 17.4. The van der Waals surface area contributed by atoms with Gasteiger partial charge in [0.05, 0.1) is 26.4 Å². The van der Waals surface area contributed by atoms with Gasteiger partial charge in [0.2, 0.25) is 5.91 Å². The van der Waals surface area contributed by atoms with Crippen molar-refractivity contribution in [3.8, 4) is 0 Å². The van der Waals surface area contributed by atoms with Crippen molar-refractivity contribution in [2.24, 2.45) is 0 Å². The third-order valence-electron chi connectivity index (χ3n) is 9.45. The van der Waals surface area contributed by atoms with E-state index in [2.05, 4.69) is 5.32 Å². The number of carbonyl (C=O) groups excluding carboxylic acids is 4. The number of amides is 3. The maximum atomic E-state index is 15.9. The number of nitrogens with zero attached hydrogens (tertiary/aromatic N) is 1. The Morgan fingerprint density at radius 1 is 0.691 bits per heavy atom. The van der Waals surface area contributed by atoms with Gasteiger partial charge in [-0.3, -0.25) is 14.4 Å². The minimum Gasteiger partial charge on any atom is -0.394 e. The number of hydroxylamine groups is 2. The lowest BCUT2D eigenvalue weighted by molar-refractivity contribution is -0.359. The normalized spacial score (nSPS) is 38.3. The summed E-state index contributed by atoms with van der Waals surface area (Å²) in [5.74, 6) is -2.23. The molecule has 4 saturated heterocycles. The van der Waals surface area contributed by atoms with Crippen molar-refractivity contribution in [3.05, 3.63) is 0 Å². The molecule has 0 saturated carbocycles. The van der Waals surface area contributed by atoms with Gasteiger partial charge in [0.1, 0.15) is 67.1 Å². The molecule has 23 heteroatoms. The molecule has 4 rings (SSSR count). The number of aliphatic hydroxyl groups excluding tert-OH is 9. The molecule has 0 aromatic rings. The molecule has 3 amide bonds. The first-order chi connectivity index (χ1) is 26.2. The highest BCUT2D eigenvalue weighted by Crippen LogP contribution is 2.32. The number of ether oxygens (including phenoxy) is 6. The first-order valence-corrected chi connectivity index (χ1v) is 18.0. The number of alkyl halides is 1. The highest BCUT2D eigenvalue weighted by Gasteiger charge is 2.52. The van der Waals surface area contributed by atoms with Crippen molar-refractivity contribution in [2.75, 3.05) is 33.0 Å². The standard InChI is InChI=1S/C32H51FN2O20/c33-21-29(54-32-28(48)26(46)23(43)15(12-37)52-32)24(44)16(13-50-31-27(47)25(45)22(42)14(11-36)51-31)53-30(21)49-10-9-34-17(38)5-3-1-2-4-6-20(41)55-35-18(39)7-8-19(35)40/h14-16,21-32,36-37,42-48H,1-13H2,(H,34,38)/t14-,15-,16-,21-,22-,23-,24-,25+,26+,27+,28+,29-,30-,31?,32-/m1/s1. The van der Waals surface area contributed by atoms with E-state index >= 15 is 4.39 Å². The first kappa shape index (κ1) is 45.1. The van der Waals surface area contributed by atoms with Gasteiger partial charge < -0.3 is 84.5 Å². The third kappa shape index (κ3) is 11.7. The topological polar surface area (TPSA) is 330 Å². The summed E-state index contributed by atoms with van der Waals surface area (Å²) < 4.78 is 48.5. The van der Waals surface area contributed by atoms with Crippen LogP contribution in [-0.2, 0) is 52.4 Å². The lowest BCUT2D eigenvalue weighted by atomic mass is 9.97. The van der Waals surface area contributed by atoms with E-state index in [9.17, 15) is 65.1 Å². The van der Waals surface area contributed by atoms with Crippen molar-refractivity contribution in [1.29, 1.82) is 0 Å². The van der Waals surface area contributed by atoms with E-state index < -0.39 is 130 Å². The monoisotopic (exact) mass is 802 g/mol. The van der Waals surface area contributed by atoms with Crippen molar-refractivity contribution in [1.82, 2.24) is 10.4 Å². The molecule has 4 aliphatic heterocycles. The molecule has 4 heterocycles.